The van der Waals surface area contributed by atoms with E-state index in [1.807, 2.05) is 0 Å². The molecule has 2 aliphatic heterocycles. The predicted molar refractivity (Wildman–Crippen MR) is 97.1 cm³/mol. The molecule has 3 N–H and O–H groups in total. The van der Waals surface area contributed by atoms with Gasteiger partial charge >= 0.3 is 24.2 Å². The zero-order chi connectivity index (χ0) is 18.6. The number of nitrogens with zero attached hydrogens (tertiary/aromatic N) is 1. The minimum atomic E-state index is -1.79. The molecule has 0 saturated carbocycles. The molecule has 0 saturated heterocycles. The summed E-state index contributed by atoms with van der Waals surface area (Å²) >= 11 is -1.79. The molecule has 3 aromatic rings. The Hall–Kier alpha value is -2.53. The van der Waals surface area contributed by atoms with Crippen molar-refractivity contribution in [1.29, 1.82) is 0 Å². The van der Waals surface area contributed by atoms with Crippen LogP contribution in [0.1, 0.15) is 34.2 Å². The van der Waals surface area contributed by atoms with Crippen LogP contribution in [0.3, 0.4) is 0 Å². The van der Waals surface area contributed by atoms with Gasteiger partial charge in [0.2, 0.25) is 0 Å². The van der Waals surface area contributed by atoms with Crippen molar-refractivity contribution in [1.82, 2.24) is 15.0 Å². The molecule has 2 aliphatic rings. The average molecular weight is 449 g/mol. The number of hydrogen-bond donors (Lipinski definition) is 3. The summed E-state index contributed by atoms with van der Waals surface area (Å²) in [6.45, 7) is 0. The third kappa shape index (κ3) is 4.42. The number of hydrogen-bond acceptors (Lipinski definition) is 3. The fourth-order valence-corrected chi connectivity index (χ4v) is 3.68. The molecule has 1 unspecified atom stereocenters. The van der Waals surface area contributed by atoms with Gasteiger partial charge < -0.3 is 15.0 Å². The monoisotopic (exact) mass is 450 g/mol. The van der Waals surface area contributed by atoms with Crippen LogP contribution in [0.25, 0.3) is 0 Å². The number of aromatic nitrogens is 3. The molecular formula is C20H20N4O2Ru. The second-order valence-electron chi connectivity index (χ2n) is 6.87. The molecule has 0 amide bonds. The van der Waals surface area contributed by atoms with Gasteiger partial charge in [0.05, 0.1) is 6.04 Å². The van der Waals surface area contributed by atoms with Crippen LogP contribution in [0, 0.1) is 0 Å². The summed E-state index contributed by atoms with van der Waals surface area (Å²) < 4.78 is 16.9. The normalized spacial score (nSPS) is 17.9. The van der Waals surface area contributed by atoms with E-state index in [4.69, 9.17) is 12.1 Å². The Labute approximate surface area is 164 Å². The van der Waals surface area contributed by atoms with Gasteiger partial charge in [-0.15, -0.1) is 0 Å². The van der Waals surface area contributed by atoms with Gasteiger partial charge in [-0.1, -0.05) is 6.08 Å². The van der Waals surface area contributed by atoms with E-state index in [1.54, 1.807) is 0 Å². The first-order chi connectivity index (χ1) is 13.2. The van der Waals surface area contributed by atoms with Crippen molar-refractivity contribution in [2.75, 3.05) is 0 Å². The second kappa shape index (κ2) is 8.01. The number of H-pyrrole nitrogens is 3. The van der Waals surface area contributed by atoms with Crippen LogP contribution >= 0.6 is 0 Å². The van der Waals surface area contributed by atoms with Crippen LogP contribution in [0.15, 0.2) is 53.5 Å². The van der Waals surface area contributed by atoms with E-state index in [0.29, 0.717) is 0 Å². The van der Waals surface area contributed by atoms with E-state index in [1.165, 1.54) is 34.2 Å². The van der Waals surface area contributed by atoms with E-state index in [0.717, 1.165) is 31.4 Å². The number of aromatic amines is 3. The number of nitrogens with one attached hydrogen (secondary N) is 3. The summed E-state index contributed by atoms with van der Waals surface area (Å²) in [5, 5.41) is 0. The molecule has 0 aliphatic carbocycles. The minimum absolute atomic E-state index is 0.255. The molecular weight excluding hydrogens is 429 g/mol. The molecule has 5 rings (SSSR count). The fourth-order valence-electron chi connectivity index (χ4n) is 3.68. The number of rotatable bonds is 0. The molecule has 1 atom stereocenters. The molecule has 140 valence electrons. The Kier molecular flexibility index (Phi) is 5.30. The molecule has 8 bridgehead atoms. The molecule has 7 heteroatoms. The van der Waals surface area contributed by atoms with Crippen molar-refractivity contribution in [3.8, 4) is 0 Å². The van der Waals surface area contributed by atoms with Crippen molar-refractivity contribution in [2.24, 2.45) is 4.99 Å². The molecule has 5 heterocycles. The SMILES string of the molecule is C1=CC2Cc3ccc([nH]3)Cc3ccc([nH]3)Cc3ccc([nH]3)CC1=N2.[O]=[Ru]=[O]. The van der Waals surface area contributed by atoms with Gasteiger partial charge in [-0.3, -0.25) is 4.99 Å². The molecule has 0 radical (unpaired) electrons. The van der Waals surface area contributed by atoms with Gasteiger partial charge in [-0.2, -0.15) is 0 Å². The Morgan fingerprint density at radius 3 is 1.74 bits per heavy atom. The Morgan fingerprint density at radius 2 is 1.19 bits per heavy atom. The zero-order valence-corrected chi connectivity index (χ0v) is 16.4. The summed E-state index contributed by atoms with van der Waals surface area (Å²) in [6, 6.07) is 13.4. The van der Waals surface area contributed by atoms with E-state index in [-0.39, 0.29) is 6.04 Å². The van der Waals surface area contributed by atoms with Gasteiger partial charge in [0.1, 0.15) is 0 Å². The Balaban J connectivity index is 0.000000565. The summed E-state index contributed by atoms with van der Waals surface area (Å²) in [7, 11) is 0. The number of allylic oxidation sites excluding steroid dienone is 1. The number of aliphatic imine (C=N–C) groups is 1. The first-order valence-corrected chi connectivity index (χ1v) is 10.3. The van der Waals surface area contributed by atoms with Crippen molar-refractivity contribution >= 4 is 5.71 Å². The van der Waals surface area contributed by atoms with Crippen molar-refractivity contribution < 1.29 is 24.2 Å². The molecule has 6 nitrogen and oxygen atoms in total. The first-order valence-electron chi connectivity index (χ1n) is 8.84. The van der Waals surface area contributed by atoms with Crippen molar-refractivity contribution in [3.05, 3.63) is 82.7 Å². The second-order valence-corrected chi connectivity index (χ2v) is 7.16. The first kappa shape index (κ1) is 17.9. The van der Waals surface area contributed by atoms with E-state index in [2.05, 4.69) is 63.5 Å². The number of fused-ring (bicyclic) bond motifs is 7. The standard InChI is InChI=1S/C20H20N4.2O.Ru/c1-2-14-10-16-5-6-18(23-16)12-20-8-7-19(24-20)11-17-4-3-15(22-17)9-13(1)21-14;;;/h1-8,13,22-24H,9-12H2;;;. The molecule has 27 heavy (non-hydrogen) atoms. The van der Waals surface area contributed by atoms with E-state index < -0.39 is 17.0 Å². The van der Waals surface area contributed by atoms with Crippen LogP contribution in [0.5, 0.6) is 0 Å². The summed E-state index contributed by atoms with van der Waals surface area (Å²) in [5.41, 5.74) is 8.63. The maximum absolute atomic E-state index is 8.46. The van der Waals surface area contributed by atoms with E-state index in [9.17, 15) is 0 Å². The zero-order valence-electron chi connectivity index (χ0n) is 14.6. The van der Waals surface area contributed by atoms with Gasteiger partial charge in [0.25, 0.3) is 0 Å². The van der Waals surface area contributed by atoms with Crippen LogP contribution < -0.4 is 0 Å². The average Bonchev–Trinajstić information content (AvgIpc) is 3.41. The molecule has 0 fully saturated rings. The summed E-state index contributed by atoms with van der Waals surface area (Å²) in [6.07, 6.45) is 8.01. The van der Waals surface area contributed by atoms with Gasteiger partial charge in [0.15, 0.2) is 0 Å². The van der Waals surface area contributed by atoms with Gasteiger partial charge in [-0.05, 0) is 42.5 Å². The molecule has 3 aromatic heterocycles. The van der Waals surface area contributed by atoms with Crippen molar-refractivity contribution in [2.45, 2.75) is 31.7 Å². The Bertz CT molecular complexity index is 1030. The molecule has 0 aromatic carbocycles. The summed E-state index contributed by atoms with van der Waals surface area (Å²) in [4.78, 5) is 15.5. The fraction of sp³-hybridized carbons (Fsp3) is 0.250. The predicted octanol–water partition coefficient (Wildman–Crippen LogP) is 3.09. The molecule has 0 spiro atoms. The van der Waals surface area contributed by atoms with Gasteiger partial charge in [0, 0.05) is 65.6 Å². The van der Waals surface area contributed by atoms with Gasteiger partial charge in [-0.25, -0.2) is 0 Å². The van der Waals surface area contributed by atoms with Crippen molar-refractivity contribution in [3.63, 3.8) is 0 Å². The van der Waals surface area contributed by atoms with Crippen LogP contribution in [-0.2, 0) is 49.9 Å². The van der Waals surface area contributed by atoms with Crippen LogP contribution in [-0.4, -0.2) is 26.7 Å². The Morgan fingerprint density at radius 1 is 0.741 bits per heavy atom. The van der Waals surface area contributed by atoms with Crippen LogP contribution in [0.4, 0.5) is 0 Å². The van der Waals surface area contributed by atoms with E-state index >= 15 is 0 Å². The third-order valence-corrected chi connectivity index (χ3v) is 4.83. The van der Waals surface area contributed by atoms with Crippen LogP contribution in [0.2, 0.25) is 0 Å². The summed E-state index contributed by atoms with van der Waals surface area (Å²) in [5.74, 6) is 0. The maximum atomic E-state index is 8.46. The topological polar surface area (TPSA) is 93.9 Å². The quantitative estimate of drug-likeness (QED) is 0.460. The third-order valence-electron chi connectivity index (χ3n) is 4.83.